The molecule has 2 rings (SSSR count). The van der Waals surface area contributed by atoms with E-state index in [4.69, 9.17) is 5.73 Å². The summed E-state index contributed by atoms with van der Waals surface area (Å²) in [5.41, 5.74) is 7.64. The molecule has 1 aromatic heterocycles. The lowest BCUT2D eigenvalue weighted by molar-refractivity contribution is 0.869. The first-order chi connectivity index (χ1) is 9.69. The molecular formula is C14H18BrN5. The van der Waals surface area contributed by atoms with Crippen LogP contribution in [0.15, 0.2) is 35.1 Å². The highest BCUT2D eigenvalue weighted by Gasteiger charge is 2.02. The van der Waals surface area contributed by atoms with Crippen molar-refractivity contribution >= 4 is 33.3 Å². The van der Waals surface area contributed by atoms with Crippen molar-refractivity contribution in [2.45, 2.75) is 13.3 Å². The zero-order valence-corrected chi connectivity index (χ0v) is 12.9. The molecule has 0 aliphatic rings. The van der Waals surface area contributed by atoms with Crippen molar-refractivity contribution in [3.63, 3.8) is 0 Å². The topological polar surface area (TPSA) is 75.9 Å². The molecule has 0 radical (unpaired) electrons. The third-order valence-electron chi connectivity index (χ3n) is 2.82. The van der Waals surface area contributed by atoms with E-state index >= 15 is 0 Å². The molecule has 4 N–H and O–H groups in total. The molecule has 0 amide bonds. The second-order valence-electron chi connectivity index (χ2n) is 4.44. The molecule has 0 unspecified atom stereocenters. The maximum Gasteiger partial charge on any atom is 0.135 e. The largest absolute Gasteiger partial charge is 0.370 e. The van der Waals surface area contributed by atoms with E-state index in [0.29, 0.717) is 6.54 Å². The van der Waals surface area contributed by atoms with Crippen LogP contribution in [0.25, 0.3) is 0 Å². The summed E-state index contributed by atoms with van der Waals surface area (Å²) in [6, 6.07) is 7.98. The van der Waals surface area contributed by atoms with Gasteiger partial charge in [0.25, 0.3) is 0 Å². The monoisotopic (exact) mass is 335 g/mol. The van der Waals surface area contributed by atoms with Crippen LogP contribution in [-0.2, 0) is 0 Å². The third-order valence-corrected chi connectivity index (χ3v) is 3.31. The quantitative estimate of drug-likeness (QED) is 0.707. The Labute approximate surface area is 127 Å². The van der Waals surface area contributed by atoms with Crippen LogP contribution in [0, 0.1) is 6.92 Å². The first-order valence-corrected chi connectivity index (χ1v) is 7.27. The molecule has 1 heterocycles. The number of nitrogens with zero attached hydrogens (tertiary/aromatic N) is 2. The van der Waals surface area contributed by atoms with Gasteiger partial charge in [-0.25, -0.2) is 9.97 Å². The van der Waals surface area contributed by atoms with Gasteiger partial charge in [-0.3, -0.25) is 0 Å². The normalized spacial score (nSPS) is 10.3. The fourth-order valence-corrected chi connectivity index (χ4v) is 2.07. The highest BCUT2D eigenvalue weighted by Crippen LogP contribution is 2.24. The van der Waals surface area contributed by atoms with Gasteiger partial charge < -0.3 is 16.4 Å². The Kier molecular flexibility index (Phi) is 5.31. The molecule has 0 bridgehead atoms. The molecule has 20 heavy (non-hydrogen) atoms. The first kappa shape index (κ1) is 14.7. The van der Waals surface area contributed by atoms with Gasteiger partial charge >= 0.3 is 0 Å². The molecule has 0 spiro atoms. The fraction of sp³-hybridized carbons (Fsp3) is 0.286. The molecule has 0 saturated heterocycles. The van der Waals surface area contributed by atoms with Crippen molar-refractivity contribution in [3.8, 4) is 0 Å². The minimum atomic E-state index is 0.667. The molecule has 2 aromatic rings. The maximum atomic E-state index is 5.47. The van der Waals surface area contributed by atoms with Crippen LogP contribution in [0.1, 0.15) is 12.0 Å². The number of nitrogens with one attached hydrogen (secondary N) is 2. The predicted molar refractivity (Wildman–Crippen MR) is 86.4 cm³/mol. The van der Waals surface area contributed by atoms with Gasteiger partial charge in [-0.2, -0.15) is 0 Å². The lowest BCUT2D eigenvalue weighted by atomic mass is 10.2. The van der Waals surface area contributed by atoms with E-state index in [0.717, 1.165) is 40.3 Å². The number of hydrogen-bond acceptors (Lipinski definition) is 5. The van der Waals surface area contributed by atoms with Gasteiger partial charge in [-0.05, 0) is 37.6 Å². The number of halogens is 1. The van der Waals surface area contributed by atoms with Crippen molar-refractivity contribution in [2.75, 3.05) is 23.7 Å². The second kappa shape index (κ2) is 7.21. The van der Waals surface area contributed by atoms with Crippen LogP contribution in [-0.4, -0.2) is 23.1 Å². The number of rotatable bonds is 6. The molecule has 1 aromatic carbocycles. The summed E-state index contributed by atoms with van der Waals surface area (Å²) < 4.78 is 1.03. The van der Waals surface area contributed by atoms with Gasteiger partial charge in [-0.1, -0.05) is 22.0 Å². The van der Waals surface area contributed by atoms with Crippen molar-refractivity contribution in [1.29, 1.82) is 0 Å². The standard InChI is InChI=1S/C14H18BrN5/c1-10-3-4-11(15)7-12(10)20-14-8-13(18-9-19-14)17-6-2-5-16/h3-4,7-9H,2,5-6,16H2,1H3,(H2,17,18,19,20). The van der Waals surface area contributed by atoms with Gasteiger partial charge in [-0.15, -0.1) is 0 Å². The molecule has 5 nitrogen and oxygen atoms in total. The number of aromatic nitrogens is 2. The Morgan fingerprint density at radius 3 is 2.80 bits per heavy atom. The van der Waals surface area contributed by atoms with Gasteiger partial charge in [0.1, 0.15) is 18.0 Å². The van der Waals surface area contributed by atoms with E-state index in [2.05, 4.69) is 43.5 Å². The molecular weight excluding hydrogens is 318 g/mol. The van der Waals surface area contributed by atoms with Crippen molar-refractivity contribution in [2.24, 2.45) is 5.73 Å². The molecule has 0 atom stereocenters. The number of hydrogen-bond donors (Lipinski definition) is 3. The van der Waals surface area contributed by atoms with Crippen molar-refractivity contribution in [1.82, 2.24) is 9.97 Å². The average molecular weight is 336 g/mol. The van der Waals surface area contributed by atoms with Gasteiger partial charge in [0.05, 0.1) is 0 Å². The third kappa shape index (κ3) is 4.18. The Morgan fingerprint density at radius 2 is 2.00 bits per heavy atom. The Morgan fingerprint density at radius 1 is 1.20 bits per heavy atom. The summed E-state index contributed by atoms with van der Waals surface area (Å²) in [4.78, 5) is 8.41. The summed E-state index contributed by atoms with van der Waals surface area (Å²) in [6.07, 6.45) is 2.46. The predicted octanol–water partition coefficient (Wildman–Crippen LogP) is 3.05. The van der Waals surface area contributed by atoms with Gasteiger partial charge in [0.15, 0.2) is 0 Å². The minimum absolute atomic E-state index is 0.667. The summed E-state index contributed by atoms with van der Waals surface area (Å²) in [5, 5.41) is 6.52. The number of aryl methyl sites for hydroxylation is 1. The van der Waals surface area contributed by atoms with Crippen LogP contribution >= 0.6 is 15.9 Å². The zero-order chi connectivity index (χ0) is 14.4. The summed E-state index contributed by atoms with van der Waals surface area (Å²) in [5.74, 6) is 1.56. The van der Waals surface area contributed by atoms with Crippen LogP contribution in [0.5, 0.6) is 0 Å². The summed E-state index contributed by atoms with van der Waals surface area (Å²) in [7, 11) is 0. The number of nitrogens with two attached hydrogens (primary N) is 1. The van der Waals surface area contributed by atoms with E-state index in [1.807, 2.05) is 24.3 Å². The smallest absolute Gasteiger partial charge is 0.135 e. The molecule has 106 valence electrons. The summed E-state index contributed by atoms with van der Waals surface area (Å²) >= 11 is 3.47. The number of anilines is 3. The van der Waals surface area contributed by atoms with E-state index in [-0.39, 0.29) is 0 Å². The second-order valence-corrected chi connectivity index (χ2v) is 5.36. The molecule has 0 aliphatic heterocycles. The van der Waals surface area contributed by atoms with E-state index in [9.17, 15) is 0 Å². The minimum Gasteiger partial charge on any atom is -0.370 e. The Hall–Kier alpha value is -1.66. The van der Waals surface area contributed by atoms with Crippen molar-refractivity contribution < 1.29 is 0 Å². The SMILES string of the molecule is Cc1ccc(Br)cc1Nc1cc(NCCCN)ncn1. The van der Waals surface area contributed by atoms with Crippen LogP contribution in [0.4, 0.5) is 17.3 Å². The van der Waals surface area contributed by atoms with Gasteiger partial charge in [0.2, 0.25) is 0 Å². The zero-order valence-electron chi connectivity index (χ0n) is 11.4. The van der Waals surface area contributed by atoms with E-state index in [1.165, 1.54) is 0 Å². The maximum absolute atomic E-state index is 5.47. The molecule has 0 fully saturated rings. The molecule has 0 saturated carbocycles. The summed E-state index contributed by atoms with van der Waals surface area (Å²) in [6.45, 7) is 3.53. The lowest BCUT2D eigenvalue weighted by Gasteiger charge is -2.10. The average Bonchev–Trinajstić information content (AvgIpc) is 2.44. The van der Waals surface area contributed by atoms with Crippen LogP contribution in [0.2, 0.25) is 0 Å². The Bertz CT molecular complexity index is 573. The number of benzene rings is 1. The highest BCUT2D eigenvalue weighted by atomic mass is 79.9. The van der Waals surface area contributed by atoms with Crippen LogP contribution < -0.4 is 16.4 Å². The van der Waals surface area contributed by atoms with Crippen molar-refractivity contribution in [3.05, 3.63) is 40.6 Å². The molecule has 6 heteroatoms. The molecule has 0 aliphatic carbocycles. The fourth-order valence-electron chi connectivity index (χ4n) is 1.71. The Balaban J connectivity index is 2.09. The van der Waals surface area contributed by atoms with E-state index in [1.54, 1.807) is 6.33 Å². The van der Waals surface area contributed by atoms with Gasteiger partial charge in [0, 0.05) is 22.8 Å². The highest BCUT2D eigenvalue weighted by molar-refractivity contribution is 9.10. The van der Waals surface area contributed by atoms with Crippen LogP contribution in [0.3, 0.4) is 0 Å². The lowest BCUT2D eigenvalue weighted by Crippen LogP contribution is -2.09. The first-order valence-electron chi connectivity index (χ1n) is 6.48. The van der Waals surface area contributed by atoms with E-state index < -0.39 is 0 Å².